The molecule has 0 bridgehead atoms. The van der Waals surface area contributed by atoms with E-state index in [4.69, 9.17) is 19.2 Å². The first-order chi connectivity index (χ1) is 2.00. The average molecular weight is 246 g/mol. The Morgan fingerprint density at radius 3 is 0.900 bits per heavy atom. The molecule has 0 aromatic heterocycles. The third kappa shape index (κ3) is 241. The van der Waals surface area contributed by atoms with Gasteiger partial charge in [-0.15, -0.1) is 0 Å². The van der Waals surface area contributed by atoms with Crippen molar-refractivity contribution >= 4 is 49.5 Å². The summed E-state index contributed by atoms with van der Waals surface area (Å²) in [7, 11) is -4.61. The summed E-state index contributed by atoms with van der Waals surface area (Å²) in [5, 5.41) is 0. The molecule has 0 rings (SSSR count). The Hall–Kier alpha value is 1.77. The molecule has 0 aliphatic carbocycles. The van der Waals surface area contributed by atoms with Gasteiger partial charge in [0.25, 0.3) is 0 Å². The van der Waals surface area contributed by atoms with Crippen LogP contribution in [0.25, 0.3) is 0 Å². The Balaban J connectivity index is -0.00000000800. The average Bonchev–Trinajstić information content (AvgIpc) is 0.722. The summed E-state index contributed by atoms with van der Waals surface area (Å²) in [5.41, 5.74) is 0. The molecule has 0 saturated carbocycles. The van der Waals surface area contributed by atoms with Gasteiger partial charge in [0.05, 0.1) is 0 Å². The van der Waals surface area contributed by atoms with Crippen molar-refractivity contribution < 1.29 is 46.4 Å². The summed E-state index contributed by atoms with van der Waals surface area (Å²) < 4.78 is 0. The van der Waals surface area contributed by atoms with E-state index in [1.807, 2.05) is 0 Å². The summed E-state index contributed by atoms with van der Waals surface area (Å²) in [5.74, 6) is 0. The number of hydrogen-bond donors (Lipinski definition) is 4. The van der Waals surface area contributed by atoms with Crippen LogP contribution in [0.2, 0.25) is 0 Å². The molecule has 0 saturated heterocycles. The summed E-state index contributed by atoms with van der Waals surface area (Å²) in [4.78, 5) is 29.3. The number of halogens is 1. The molecule has 0 radical (unpaired) electrons. The number of rotatable bonds is 0. The second-order valence-electron chi connectivity index (χ2n) is 0.600. The fraction of sp³-hybridized carbons (Fsp3) is 0. The minimum Gasteiger partial charge on any atom is -0.412 e. The maximum atomic E-state index is 7.33. The van der Waals surface area contributed by atoms with Crippen molar-refractivity contribution in [2.24, 2.45) is 0 Å². The molecule has 0 aromatic carbocycles. The Morgan fingerprint density at radius 1 is 0.900 bits per heavy atom. The Labute approximate surface area is 95.4 Å². The molecular weight excluding hydrogens is 234 g/mol. The molecule has 10 heavy (non-hydrogen) atoms. The molecule has 0 aliphatic heterocycles. The molecule has 0 aromatic rings. The van der Waals surface area contributed by atoms with Crippen molar-refractivity contribution in [3.05, 3.63) is 0 Å². The van der Waals surface area contributed by atoms with Gasteiger partial charge in [-0.1, -0.05) is 0 Å². The first-order valence-electron chi connectivity index (χ1n) is 0.894. The first kappa shape index (κ1) is 41.0. The van der Waals surface area contributed by atoms with Crippen LogP contribution < -0.4 is 0 Å². The van der Waals surface area contributed by atoms with Crippen LogP contribution in [0.1, 0.15) is 0 Å². The van der Waals surface area contributed by atoms with Crippen LogP contribution in [0.15, 0.2) is 0 Å². The largest absolute Gasteiger partial charge is 0.668 e. The van der Waals surface area contributed by atoms with E-state index in [2.05, 4.69) is 0 Å². The maximum absolute atomic E-state index is 7.33. The topological polar surface area (TPSA) is 112 Å². The van der Waals surface area contributed by atoms with Gasteiger partial charge in [-0.05, 0) is 0 Å². The van der Waals surface area contributed by atoms with Gasteiger partial charge in [0.15, 0.2) is 17.4 Å². The van der Waals surface area contributed by atoms with Crippen LogP contribution in [0.3, 0.4) is 0 Å². The molecular formula is H12AlFFeMgO5Si. The standard InChI is InChI=1S/Al.FH.Fe.Mg.H4O4Si.H2O.5H/c;;;;1-5(2,3)4;;;;;;/h;1H;;;1-4H;1H2;;;;;. The second kappa shape index (κ2) is 17.0. The predicted octanol–water partition coefficient (Wildman–Crippen LogP) is -5.38. The minimum atomic E-state index is -4.61. The third-order valence-corrected chi connectivity index (χ3v) is 0. The Kier molecular flexibility index (Phi) is 69.8. The van der Waals surface area contributed by atoms with Gasteiger partial charge in [-0.2, -0.15) is 0 Å². The zero-order valence-corrected chi connectivity index (χ0v) is 5.65. The van der Waals surface area contributed by atoms with E-state index in [1.54, 1.807) is 0 Å². The monoisotopic (exact) mass is 246 g/mol. The van der Waals surface area contributed by atoms with E-state index in [-0.39, 0.29) is 67.7 Å². The molecule has 0 amide bonds. The van der Waals surface area contributed by atoms with E-state index in [9.17, 15) is 0 Å². The molecule has 0 unspecified atom stereocenters. The molecule has 0 fully saturated rings. The first-order valence-corrected chi connectivity index (χ1v) is 2.68. The molecule has 0 atom stereocenters. The summed E-state index contributed by atoms with van der Waals surface area (Å²) in [6.07, 6.45) is 0. The van der Waals surface area contributed by atoms with Crippen molar-refractivity contribution in [2.75, 3.05) is 0 Å². The van der Waals surface area contributed by atoms with Gasteiger partial charge >= 0.3 is 32.1 Å². The van der Waals surface area contributed by atoms with Crippen LogP contribution in [0, 0.1) is 0 Å². The summed E-state index contributed by atoms with van der Waals surface area (Å²) in [6, 6.07) is 0. The van der Waals surface area contributed by atoms with Crippen LogP contribution in [-0.4, -0.2) is 74.1 Å². The zero-order valence-electron chi connectivity index (χ0n) is 3.55. The molecule has 0 aliphatic rings. The van der Waals surface area contributed by atoms with Crippen molar-refractivity contribution in [2.45, 2.75) is 0 Å². The smallest absolute Gasteiger partial charge is 0.412 e. The fourth-order valence-corrected chi connectivity index (χ4v) is 0. The SMILES string of the molecule is F.O.O[Si](O)(O)O.[AlH3].[Fe].[MgH2]. The normalized spacial score (nSPS) is 6.00. The molecule has 5 nitrogen and oxygen atoms in total. The van der Waals surface area contributed by atoms with Gasteiger partial charge in [0.2, 0.25) is 0 Å². The zero-order chi connectivity index (χ0) is 4.50. The minimum absolute atomic E-state index is 0. The van der Waals surface area contributed by atoms with E-state index in [0.29, 0.717) is 0 Å². The van der Waals surface area contributed by atoms with Crippen LogP contribution in [-0.2, 0) is 17.1 Å². The fourth-order valence-electron chi connectivity index (χ4n) is 0. The van der Waals surface area contributed by atoms with Crippen molar-refractivity contribution in [1.82, 2.24) is 0 Å². The Bertz CT molecular complexity index is 37.1. The van der Waals surface area contributed by atoms with Crippen molar-refractivity contribution in [1.29, 1.82) is 0 Å². The van der Waals surface area contributed by atoms with Gasteiger partial charge in [0.1, 0.15) is 0 Å². The molecule has 6 N–H and O–H groups in total. The molecule has 0 spiro atoms. The van der Waals surface area contributed by atoms with Crippen molar-refractivity contribution in [3.8, 4) is 0 Å². The summed E-state index contributed by atoms with van der Waals surface area (Å²) >= 11 is 0. The van der Waals surface area contributed by atoms with Crippen LogP contribution in [0.4, 0.5) is 4.70 Å². The predicted molar refractivity (Wildman–Crippen MR) is 39.2 cm³/mol. The quantitative estimate of drug-likeness (QED) is 0.320. The second-order valence-corrected chi connectivity index (χ2v) is 1.80. The molecule has 10 heteroatoms. The van der Waals surface area contributed by atoms with E-state index < -0.39 is 9.05 Å². The van der Waals surface area contributed by atoms with Crippen LogP contribution in [0.5, 0.6) is 0 Å². The Morgan fingerprint density at radius 2 is 0.900 bits per heavy atom. The van der Waals surface area contributed by atoms with Crippen LogP contribution >= 0.6 is 0 Å². The summed E-state index contributed by atoms with van der Waals surface area (Å²) in [6.45, 7) is 0. The van der Waals surface area contributed by atoms with Gasteiger partial charge in [-0.3, -0.25) is 4.70 Å². The number of hydrogen-bond acceptors (Lipinski definition) is 4. The van der Waals surface area contributed by atoms with E-state index in [0.717, 1.165) is 0 Å². The maximum Gasteiger partial charge on any atom is 0.668 e. The van der Waals surface area contributed by atoms with Crippen molar-refractivity contribution in [3.63, 3.8) is 0 Å². The van der Waals surface area contributed by atoms with Gasteiger partial charge in [0, 0.05) is 17.1 Å². The molecule has 66 valence electrons. The molecule has 0 heterocycles. The van der Waals surface area contributed by atoms with E-state index >= 15 is 0 Å². The van der Waals surface area contributed by atoms with Gasteiger partial charge < -0.3 is 24.7 Å². The van der Waals surface area contributed by atoms with Gasteiger partial charge in [-0.25, -0.2) is 0 Å². The third-order valence-electron chi connectivity index (χ3n) is 0. The van der Waals surface area contributed by atoms with E-state index in [1.165, 1.54) is 0 Å².